The first kappa shape index (κ1) is 22.1. The smallest absolute Gasteiger partial charge is 0.251 e. The molecule has 3 N–H and O–H groups in total. The monoisotopic (exact) mass is 420 g/mol. The molecule has 0 saturated heterocycles. The number of rotatable bonds is 6. The van der Waals surface area contributed by atoms with Crippen LogP contribution in [0.5, 0.6) is 5.75 Å². The second-order valence-corrected chi connectivity index (χ2v) is 8.38. The van der Waals surface area contributed by atoms with Gasteiger partial charge in [0.2, 0.25) is 5.91 Å². The molecule has 0 aliphatic carbocycles. The molecule has 0 aliphatic rings. The molecule has 1 atom stereocenters. The van der Waals surface area contributed by atoms with E-state index < -0.39 is 6.04 Å². The van der Waals surface area contributed by atoms with Crippen molar-refractivity contribution in [1.29, 1.82) is 0 Å². The number of anilines is 1. The van der Waals surface area contributed by atoms with E-state index in [0.717, 1.165) is 11.1 Å². The maximum atomic E-state index is 12.5. The lowest BCUT2D eigenvalue weighted by molar-refractivity contribution is -0.117. The van der Waals surface area contributed by atoms with Gasteiger partial charge in [-0.3, -0.25) is 14.7 Å². The highest BCUT2D eigenvalue weighted by molar-refractivity contribution is 6.00. The Morgan fingerprint density at radius 1 is 1.06 bits per heavy atom. The van der Waals surface area contributed by atoms with Gasteiger partial charge in [0.15, 0.2) is 5.82 Å². The van der Waals surface area contributed by atoms with Crippen LogP contribution in [0.15, 0.2) is 54.6 Å². The number of nitrogens with one attached hydrogen (secondary N) is 3. The number of nitrogens with zero attached hydrogens (tertiary/aromatic N) is 1. The summed E-state index contributed by atoms with van der Waals surface area (Å²) in [7, 11) is 1.60. The van der Waals surface area contributed by atoms with Crippen LogP contribution in [0.4, 0.5) is 5.82 Å². The Labute approximate surface area is 182 Å². The van der Waals surface area contributed by atoms with Crippen molar-refractivity contribution in [3.05, 3.63) is 65.7 Å². The summed E-state index contributed by atoms with van der Waals surface area (Å²) < 4.78 is 5.36. The van der Waals surface area contributed by atoms with Crippen LogP contribution in [0, 0.1) is 0 Å². The van der Waals surface area contributed by atoms with E-state index in [2.05, 4.69) is 41.6 Å². The number of methoxy groups -OCH3 is 1. The Morgan fingerprint density at radius 3 is 2.39 bits per heavy atom. The van der Waals surface area contributed by atoms with Gasteiger partial charge in [0, 0.05) is 17.2 Å². The first-order valence-electron chi connectivity index (χ1n) is 10.1. The Kier molecular flexibility index (Phi) is 6.44. The zero-order valence-electron chi connectivity index (χ0n) is 18.4. The van der Waals surface area contributed by atoms with Crippen molar-refractivity contribution in [1.82, 2.24) is 15.5 Å². The van der Waals surface area contributed by atoms with Crippen LogP contribution in [-0.2, 0) is 10.2 Å². The fourth-order valence-electron chi connectivity index (χ4n) is 3.09. The second-order valence-electron chi connectivity index (χ2n) is 8.38. The summed E-state index contributed by atoms with van der Waals surface area (Å²) >= 11 is 0. The van der Waals surface area contributed by atoms with Crippen molar-refractivity contribution in [3.8, 4) is 17.0 Å². The largest absolute Gasteiger partial charge is 0.496 e. The fraction of sp³-hybridized carbons (Fsp3) is 0.292. The summed E-state index contributed by atoms with van der Waals surface area (Å²) in [4.78, 5) is 25.0. The van der Waals surface area contributed by atoms with Gasteiger partial charge < -0.3 is 15.4 Å². The molecule has 1 heterocycles. The Balaban J connectivity index is 1.62. The highest BCUT2D eigenvalue weighted by Crippen LogP contribution is 2.29. The van der Waals surface area contributed by atoms with E-state index in [4.69, 9.17) is 4.74 Å². The van der Waals surface area contributed by atoms with E-state index in [-0.39, 0.29) is 17.2 Å². The topological polar surface area (TPSA) is 96.1 Å². The Bertz CT molecular complexity index is 1060. The molecule has 0 radical (unpaired) electrons. The molecule has 2 aromatic carbocycles. The van der Waals surface area contributed by atoms with Gasteiger partial charge in [-0.25, -0.2) is 0 Å². The third kappa shape index (κ3) is 5.31. The molecule has 3 aromatic rings. The van der Waals surface area contributed by atoms with Crippen LogP contribution >= 0.6 is 0 Å². The number of hydrogen-bond donors (Lipinski definition) is 3. The summed E-state index contributed by atoms with van der Waals surface area (Å²) in [6, 6.07) is 15.9. The number of ether oxygens (including phenoxy) is 1. The van der Waals surface area contributed by atoms with E-state index in [0.29, 0.717) is 22.8 Å². The predicted octanol–water partition coefficient (Wildman–Crippen LogP) is 4.14. The number of benzene rings is 2. The maximum Gasteiger partial charge on any atom is 0.251 e. The van der Waals surface area contributed by atoms with Crippen molar-refractivity contribution in [2.75, 3.05) is 12.4 Å². The van der Waals surface area contributed by atoms with Crippen LogP contribution in [0.3, 0.4) is 0 Å². The lowest BCUT2D eigenvalue weighted by atomic mass is 9.86. The number of hydrogen-bond acceptors (Lipinski definition) is 4. The highest BCUT2D eigenvalue weighted by atomic mass is 16.5. The number of aromatic amines is 1. The number of carbonyl (C=O) groups is 2. The number of amides is 2. The SMILES string of the molecule is COc1ccccc1-c1cc(NC(=O)C(C)NC(=O)c2ccc(C(C)(C)C)cc2)n[nH]1. The zero-order valence-corrected chi connectivity index (χ0v) is 18.4. The number of carbonyl (C=O) groups excluding carboxylic acids is 2. The minimum Gasteiger partial charge on any atom is -0.496 e. The normalized spacial score (nSPS) is 12.2. The molecule has 31 heavy (non-hydrogen) atoms. The van der Waals surface area contributed by atoms with E-state index in [1.165, 1.54) is 0 Å². The molecular weight excluding hydrogens is 392 g/mol. The van der Waals surface area contributed by atoms with Gasteiger partial charge in [-0.1, -0.05) is 45.0 Å². The molecule has 1 unspecified atom stereocenters. The average Bonchev–Trinajstić information content (AvgIpc) is 3.21. The molecule has 2 amide bonds. The van der Waals surface area contributed by atoms with Crippen LogP contribution in [0.1, 0.15) is 43.6 Å². The average molecular weight is 421 g/mol. The van der Waals surface area contributed by atoms with Gasteiger partial charge in [-0.15, -0.1) is 0 Å². The number of para-hydroxylation sites is 1. The van der Waals surface area contributed by atoms with Gasteiger partial charge >= 0.3 is 0 Å². The minimum atomic E-state index is -0.735. The molecule has 7 heteroatoms. The second kappa shape index (κ2) is 9.04. The molecule has 0 bridgehead atoms. The summed E-state index contributed by atoms with van der Waals surface area (Å²) in [5.74, 6) is 0.390. The van der Waals surface area contributed by atoms with E-state index in [1.54, 1.807) is 32.2 Å². The standard InChI is InChI=1S/C24H28N4O3/c1-15(25-23(30)16-10-12-17(13-11-16)24(2,3)4)22(29)26-21-14-19(27-28-21)18-8-6-7-9-20(18)31-5/h6-15H,1-5H3,(H,25,30)(H2,26,27,28,29). The van der Waals surface area contributed by atoms with Gasteiger partial charge in [0.05, 0.1) is 12.8 Å². The van der Waals surface area contributed by atoms with E-state index in [1.807, 2.05) is 36.4 Å². The first-order chi connectivity index (χ1) is 14.7. The molecule has 0 fully saturated rings. The van der Waals surface area contributed by atoms with Crippen LogP contribution in [0.25, 0.3) is 11.3 Å². The van der Waals surface area contributed by atoms with Gasteiger partial charge in [0.25, 0.3) is 5.91 Å². The lowest BCUT2D eigenvalue weighted by Gasteiger charge is -2.19. The maximum absolute atomic E-state index is 12.5. The van der Waals surface area contributed by atoms with Crippen molar-refractivity contribution in [3.63, 3.8) is 0 Å². The summed E-state index contributed by atoms with van der Waals surface area (Å²) in [5.41, 5.74) is 3.19. The van der Waals surface area contributed by atoms with Gasteiger partial charge in [-0.05, 0) is 42.2 Å². The number of aromatic nitrogens is 2. The molecule has 162 valence electrons. The molecule has 7 nitrogen and oxygen atoms in total. The lowest BCUT2D eigenvalue weighted by Crippen LogP contribution is -2.41. The Hall–Kier alpha value is -3.61. The van der Waals surface area contributed by atoms with E-state index >= 15 is 0 Å². The zero-order chi connectivity index (χ0) is 22.6. The quantitative estimate of drug-likeness (QED) is 0.558. The van der Waals surface area contributed by atoms with Gasteiger partial charge in [0.1, 0.15) is 11.8 Å². The molecule has 1 aromatic heterocycles. The van der Waals surface area contributed by atoms with Gasteiger partial charge in [-0.2, -0.15) is 5.10 Å². The summed E-state index contributed by atoms with van der Waals surface area (Å²) in [6.45, 7) is 7.97. The van der Waals surface area contributed by atoms with Crippen molar-refractivity contribution in [2.45, 2.75) is 39.2 Å². The third-order valence-electron chi connectivity index (χ3n) is 4.98. The van der Waals surface area contributed by atoms with Crippen molar-refractivity contribution in [2.24, 2.45) is 0 Å². The molecular formula is C24H28N4O3. The minimum absolute atomic E-state index is 0.00830. The van der Waals surface area contributed by atoms with Crippen LogP contribution in [0.2, 0.25) is 0 Å². The molecule has 0 spiro atoms. The van der Waals surface area contributed by atoms with E-state index in [9.17, 15) is 9.59 Å². The van der Waals surface area contributed by atoms with Crippen LogP contribution < -0.4 is 15.4 Å². The molecule has 3 rings (SSSR count). The predicted molar refractivity (Wildman–Crippen MR) is 121 cm³/mol. The summed E-state index contributed by atoms with van der Waals surface area (Å²) in [6.07, 6.45) is 0. The number of H-pyrrole nitrogens is 1. The highest BCUT2D eigenvalue weighted by Gasteiger charge is 2.19. The Morgan fingerprint density at radius 2 is 1.74 bits per heavy atom. The fourth-order valence-corrected chi connectivity index (χ4v) is 3.09. The molecule has 0 aliphatic heterocycles. The van der Waals surface area contributed by atoms with Crippen molar-refractivity contribution < 1.29 is 14.3 Å². The van der Waals surface area contributed by atoms with Crippen LogP contribution in [-0.4, -0.2) is 35.2 Å². The third-order valence-corrected chi connectivity index (χ3v) is 4.98. The first-order valence-corrected chi connectivity index (χ1v) is 10.1. The summed E-state index contributed by atoms with van der Waals surface area (Å²) in [5, 5.41) is 12.5. The molecule has 0 saturated carbocycles. The van der Waals surface area contributed by atoms with Crippen molar-refractivity contribution >= 4 is 17.6 Å².